The van der Waals surface area contributed by atoms with Gasteiger partial charge >= 0.3 is 0 Å². The van der Waals surface area contributed by atoms with Crippen molar-refractivity contribution >= 4 is 5.91 Å². The molecule has 0 saturated heterocycles. The van der Waals surface area contributed by atoms with Crippen LogP contribution in [0.5, 0.6) is 0 Å². The quantitative estimate of drug-likeness (QED) is 0.897. The summed E-state index contributed by atoms with van der Waals surface area (Å²) < 4.78 is 0. The van der Waals surface area contributed by atoms with Crippen LogP contribution >= 0.6 is 0 Å². The van der Waals surface area contributed by atoms with Crippen molar-refractivity contribution in [2.45, 2.75) is 45.1 Å². The summed E-state index contributed by atoms with van der Waals surface area (Å²) in [6.07, 6.45) is 5.16. The van der Waals surface area contributed by atoms with Crippen molar-refractivity contribution in [2.75, 3.05) is 13.1 Å². The zero-order valence-corrected chi connectivity index (χ0v) is 12.9. The van der Waals surface area contributed by atoms with Crippen molar-refractivity contribution in [3.05, 3.63) is 35.4 Å². The molecule has 2 aliphatic rings. The second kappa shape index (κ2) is 6.61. The molecule has 1 aromatic carbocycles. The lowest BCUT2D eigenvalue weighted by Gasteiger charge is -2.29. The third-order valence-corrected chi connectivity index (χ3v) is 5.11. The Morgan fingerprint density at radius 3 is 2.81 bits per heavy atom. The van der Waals surface area contributed by atoms with Crippen molar-refractivity contribution < 1.29 is 4.79 Å². The fourth-order valence-electron chi connectivity index (χ4n) is 3.63. The molecular formula is C18H26N2O. The number of carbonyl (C=O) groups excluding carboxylic acids is 1. The minimum Gasteiger partial charge on any atom is -0.355 e. The smallest absolute Gasteiger partial charge is 0.228 e. The van der Waals surface area contributed by atoms with Crippen LogP contribution in [-0.4, -0.2) is 19.0 Å². The second-order valence-electron chi connectivity index (χ2n) is 6.75. The first kappa shape index (κ1) is 14.6. The topological polar surface area (TPSA) is 41.1 Å². The summed E-state index contributed by atoms with van der Waals surface area (Å²) in [5.41, 5.74) is 2.46. The van der Waals surface area contributed by atoms with E-state index >= 15 is 0 Å². The maximum Gasteiger partial charge on any atom is 0.228 e. The molecule has 1 aliphatic carbocycles. The number of nitrogens with one attached hydrogen (secondary N) is 2. The van der Waals surface area contributed by atoms with Gasteiger partial charge in [0, 0.05) is 19.6 Å². The molecule has 21 heavy (non-hydrogen) atoms. The van der Waals surface area contributed by atoms with Gasteiger partial charge in [0.1, 0.15) is 0 Å². The van der Waals surface area contributed by atoms with Crippen molar-refractivity contribution in [1.29, 1.82) is 0 Å². The molecule has 0 spiro atoms. The Morgan fingerprint density at radius 2 is 2.00 bits per heavy atom. The first-order valence-electron chi connectivity index (χ1n) is 8.30. The molecule has 0 bridgehead atoms. The van der Waals surface area contributed by atoms with Crippen LogP contribution in [0.15, 0.2) is 24.3 Å². The Kier molecular flexibility index (Phi) is 4.59. The summed E-state index contributed by atoms with van der Waals surface area (Å²) in [7, 11) is 0. The van der Waals surface area contributed by atoms with Crippen LogP contribution in [0.4, 0.5) is 0 Å². The molecule has 1 atom stereocenters. The highest BCUT2D eigenvalue weighted by molar-refractivity contribution is 5.84. The lowest BCUT2D eigenvalue weighted by Crippen LogP contribution is -2.40. The SMILES string of the molecule is CC1CCC(CNC(=O)C2CNCc3ccccc32)CC1. The Bertz CT molecular complexity index is 492. The highest BCUT2D eigenvalue weighted by Crippen LogP contribution is 2.28. The predicted octanol–water partition coefficient (Wildman–Crippen LogP) is 2.82. The highest BCUT2D eigenvalue weighted by atomic mass is 16.1. The average molecular weight is 286 g/mol. The minimum absolute atomic E-state index is 0.0301. The summed E-state index contributed by atoms with van der Waals surface area (Å²) in [6, 6.07) is 8.30. The van der Waals surface area contributed by atoms with E-state index in [1.165, 1.54) is 36.8 Å². The van der Waals surface area contributed by atoms with Crippen LogP contribution in [0.1, 0.15) is 49.7 Å². The summed E-state index contributed by atoms with van der Waals surface area (Å²) in [6.45, 7) is 4.81. The van der Waals surface area contributed by atoms with Crippen LogP contribution in [0, 0.1) is 11.8 Å². The molecule has 1 aliphatic heterocycles. The first-order valence-corrected chi connectivity index (χ1v) is 8.30. The van der Waals surface area contributed by atoms with Crippen LogP contribution in [0.3, 0.4) is 0 Å². The van der Waals surface area contributed by atoms with E-state index in [9.17, 15) is 4.79 Å². The third kappa shape index (κ3) is 3.46. The van der Waals surface area contributed by atoms with Crippen LogP contribution < -0.4 is 10.6 Å². The number of benzene rings is 1. The molecule has 1 amide bonds. The van der Waals surface area contributed by atoms with E-state index in [2.05, 4.69) is 29.7 Å². The minimum atomic E-state index is -0.0301. The van der Waals surface area contributed by atoms with E-state index in [0.717, 1.165) is 25.6 Å². The number of amides is 1. The Balaban J connectivity index is 1.57. The molecule has 1 unspecified atom stereocenters. The number of rotatable bonds is 3. The van der Waals surface area contributed by atoms with E-state index in [1.807, 2.05) is 12.1 Å². The van der Waals surface area contributed by atoms with E-state index < -0.39 is 0 Å². The number of hydrogen-bond acceptors (Lipinski definition) is 2. The molecule has 114 valence electrons. The molecule has 0 aromatic heterocycles. The van der Waals surface area contributed by atoms with Gasteiger partial charge in [-0.3, -0.25) is 4.79 Å². The molecule has 3 rings (SSSR count). The van der Waals surface area contributed by atoms with Crippen LogP contribution in [-0.2, 0) is 11.3 Å². The fourth-order valence-corrected chi connectivity index (χ4v) is 3.63. The molecule has 1 fully saturated rings. The zero-order valence-electron chi connectivity index (χ0n) is 12.9. The average Bonchev–Trinajstić information content (AvgIpc) is 2.53. The summed E-state index contributed by atoms with van der Waals surface area (Å²) >= 11 is 0. The summed E-state index contributed by atoms with van der Waals surface area (Å²) in [4.78, 5) is 12.5. The largest absolute Gasteiger partial charge is 0.355 e. The van der Waals surface area contributed by atoms with E-state index in [1.54, 1.807) is 0 Å². The van der Waals surface area contributed by atoms with E-state index in [-0.39, 0.29) is 11.8 Å². The highest BCUT2D eigenvalue weighted by Gasteiger charge is 2.26. The Morgan fingerprint density at radius 1 is 1.24 bits per heavy atom. The maximum absolute atomic E-state index is 12.5. The maximum atomic E-state index is 12.5. The van der Waals surface area contributed by atoms with Crippen LogP contribution in [0.2, 0.25) is 0 Å². The molecule has 1 heterocycles. The lowest BCUT2D eigenvalue weighted by molar-refractivity contribution is -0.122. The molecular weight excluding hydrogens is 260 g/mol. The van der Waals surface area contributed by atoms with Gasteiger partial charge in [0.15, 0.2) is 0 Å². The lowest BCUT2D eigenvalue weighted by atomic mass is 9.83. The third-order valence-electron chi connectivity index (χ3n) is 5.11. The van der Waals surface area contributed by atoms with E-state index in [4.69, 9.17) is 0 Å². The standard InChI is InChI=1S/C18H26N2O/c1-13-6-8-14(9-7-13)10-20-18(21)17-12-19-11-15-4-2-3-5-16(15)17/h2-5,13-14,17,19H,6-12H2,1H3,(H,20,21). The number of carbonyl (C=O) groups is 1. The monoisotopic (exact) mass is 286 g/mol. The molecule has 1 saturated carbocycles. The van der Waals surface area contributed by atoms with Crippen molar-refractivity contribution in [1.82, 2.24) is 10.6 Å². The van der Waals surface area contributed by atoms with Crippen LogP contribution in [0.25, 0.3) is 0 Å². The molecule has 2 N–H and O–H groups in total. The van der Waals surface area contributed by atoms with Gasteiger partial charge in [0.05, 0.1) is 5.92 Å². The first-order chi connectivity index (χ1) is 10.2. The Hall–Kier alpha value is -1.35. The van der Waals surface area contributed by atoms with E-state index in [0.29, 0.717) is 5.92 Å². The Labute approximate surface area is 127 Å². The van der Waals surface area contributed by atoms with Gasteiger partial charge in [0.2, 0.25) is 5.91 Å². The van der Waals surface area contributed by atoms with Gasteiger partial charge in [-0.05, 0) is 35.8 Å². The molecule has 0 radical (unpaired) electrons. The summed E-state index contributed by atoms with van der Waals surface area (Å²) in [5.74, 6) is 1.70. The van der Waals surface area contributed by atoms with Crippen molar-refractivity contribution in [2.24, 2.45) is 11.8 Å². The second-order valence-corrected chi connectivity index (χ2v) is 6.75. The zero-order chi connectivity index (χ0) is 14.7. The van der Waals surface area contributed by atoms with Gasteiger partial charge in [0.25, 0.3) is 0 Å². The van der Waals surface area contributed by atoms with Gasteiger partial charge in [-0.2, -0.15) is 0 Å². The van der Waals surface area contributed by atoms with Crippen molar-refractivity contribution in [3.8, 4) is 0 Å². The van der Waals surface area contributed by atoms with Gasteiger partial charge in [-0.25, -0.2) is 0 Å². The summed E-state index contributed by atoms with van der Waals surface area (Å²) in [5, 5.41) is 6.55. The fraction of sp³-hybridized carbons (Fsp3) is 0.611. The number of hydrogen-bond donors (Lipinski definition) is 2. The molecule has 1 aromatic rings. The number of fused-ring (bicyclic) bond motifs is 1. The molecule has 3 heteroatoms. The van der Waals surface area contributed by atoms with Gasteiger partial charge < -0.3 is 10.6 Å². The van der Waals surface area contributed by atoms with Gasteiger partial charge in [-0.1, -0.05) is 44.0 Å². The van der Waals surface area contributed by atoms with Gasteiger partial charge in [-0.15, -0.1) is 0 Å². The normalized spacial score (nSPS) is 28.7. The predicted molar refractivity (Wildman–Crippen MR) is 85.0 cm³/mol. The van der Waals surface area contributed by atoms with Crippen molar-refractivity contribution in [3.63, 3.8) is 0 Å². The molecule has 3 nitrogen and oxygen atoms in total.